The Labute approximate surface area is 145 Å². The maximum absolute atomic E-state index is 10.7. The van der Waals surface area contributed by atoms with E-state index in [4.69, 9.17) is 16.7 Å². The predicted molar refractivity (Wildman–Crippen MR) is 90.5 cm³/mol. The number of benzene rings is 2. The number of aliphatic hydroxyl groups excluding tert-OH is 1. The number of aliphatic hydroxyl groups is 1. The summed E-state index contributed by atoms with van der Waals surface area (Å²) >= 11 is 11.1. The Kier molecular flexibility index (Phi) is 6.14. The van der Waals surface area contributed by atoms with E-state index in [2.05, 4.69) is 21.2 Å². The van der Waals surface area contributed by atoms with Crippen molar-refractivity contribution in [3.05, 3.63) is 57.0 Å². The van der Waals surface area contributed by atoms with Gasteiger partial charge in [0.15, 0.2) is 0 Å². The van der Waals surface area contributed by atoms with E-state index in [0.717, 1.165) is 25.4 Å². The van der Waals surface area contributed by atoms with Crippen LogP contribution >= 0.6 is 39.3 Å². The number of halogens is 2. The Morgan fingerprint density at radius 1 is 1.27 bits per heavy atom. The Bertz CT molecular complexity index is 696. The van der Waals surface area contributed by atoms with E-state index in [1.807, 2.05) is 24.3 Å². The fraction of sp³-hybridized carbons (Fsp3) is 0.133. The molecule has 2 aromatic rings. The number of hydrogen-bond acceptors (Lipinski definition) is 3. The monoisotopic (exact) mass is 401 g/mol. The molecule has 2 aromatic carbocycles. The molecule has 0 heterocycles. The molecule has 0 aliphatic rings. The maximum atomic E-state index is 10.7. The second kappa shape index (κ2) is 7.87. The molecule has 116 valence electrons. The van der Waals surface area contributed by atoms with Crippen molar-refractivity contribution < 1.29 is 15.0 Å². The zero-order chi connectivity index (χ0) is 16.1. The smallest absolute Gasteiger partial charge is 0.404 e. The van der Waals surface area contributed by atoms with Crippen molar-refractivity contribution in [1.29, 1.82) is 0 Å². The first kappa shape index (κ1) is 17.1. The minimum atomic E-state index is -1.09. The molecule has 3 N–H and O–H groups in total. The summed E-state index contributed by atoms with van der Waals surface area (Å²) in [4.78, 5) is 12.3. The number of rotatable bonds is 5. The van der Waals surface area contributed by atoms with Gasteiger partial charge in [0.05, 0.1) is 11.6 Å². The Morgan fingerprint density at radius 2 is 2.05 bits per heavy atom. The van der Waals surface area contributed by atoms with Gasteiger partial charge in [0, 0.05) is 20.8 Å². The van der Waals surface area contributed by atoms with Crippen LogP contribution in [0.4, 0.5) is 4.79 Å². The van der Waals surface area contributed by atoms with E-state index in [0.29, 0.717) is 5.02 Å². The van der Waals surface area contributed by atoms with Crippen LogP contribution in [0, 0.1) is 0 Å². The summed E-state index contributed by atoms with van der Waals surface area (Å²) in [6.07, 6.45) is -1.09. The molecule has 22 heavy (non-hydrogen) atoms. The first-order valence-corrected chi connectivity index (χ1v) is 8.31. The standard InChI is InChI=1S/C15H13BrClNO3S/c16-11-5-4-10(8-19)13(6-11)22-14-9(7-18-15(20)21)2-1-3-12(14)17/h1-6,18-19H,7-8H2,(H,20,21). The zero-order valence-corrected chi connectivity index (χ0v) is 14.5. The van der Waals surface area contributed by atoms with Crippen LogP contribution in [0.1, 0.15) is 11.1 Å². The molecule has 0 radical (unpaired) electrons. The van der Waals surface area contributed by atoms with Gasteiger partial charge >= 0.3 is 6.09 Å². The molecular formula is C15H13BrClNO3S. The highest BCUT2D eigenvalue weighted by molar-refractivity contribution is 9.10. The van der Waals surface area contributed by atoms with Crippen LogP contribution in [0.3, 0.4) is 0 Å². The van der Waals surface area contributed by atoms with Crippen LogP contribution in [-0.2, 0) is 13.2 Å². The van der Waals surface area contributed by atoms with Gasteiger partial charge in [-0.3, -0.25) is 0 Å². The highest BCUT2D eigenvalue weighted by atomic mass is 79.9. The molecule has 0 fully saturated rings. The van der Waals surface area contributed by atoms with Crippen molar-refractivity contribution >= 4 is 45.4 Å². The van der Waals surface area contributed by atoms with Gasteiger partial charge in [0.1, 0.15) is 0 Å². The fourth-order valence-corrected chi connectivity index (χ4v) is 3.77. The average Bonchev–Trinajstić information content (AvgIpc) is 2.48. The molecule has 0 unspecified atom stereocenters. The minimum Gasteiger partial charge on any atom is -0.465 e. The van der Waals surface area contributed by atoms with Gasteiger partial charge in [-0.25, -0.2) is 4.79 Å². The van der Waals surface area contributed by atoms with Crippen molar-refractivity contribution in [2.24, 2.45) is 0 Å². The van der Waals surface area contributed by atoms with Gasteiger partial charge in [0.2, 0.25) is 0 Å². The summed E-state index contributed by atoms with van der Waals surface area (Å²) in [5, 5.41) is 21.1. The SMILES string of the molecule is O=C(O)NCc1cccc(Cl)c1Sc1cc(Br)ccc1CO. The van der Waals surface area contributed by atoms with Gasteiger partial charge in [-0.15, -0.1) is 0 Å². The van der Waals surface area contributed by atoms with E-state index >= 15 is 0 Å². The van der Waals surface area contributed by atoms with Crippen LogP contribution in [0.5, 0.6) is 0 Å². The number of carboxylic acid groups (broad SMARTS) is 1. The molecule has 0 saturated heterocycles. The Morgan fingerprint density at radius 3 is 2.73 bits per heavy atom. The molecule has 0 aliphatic carbocycles. The highest BCUT2D eigenvalue weighted by Crippen LogP contribution is 2.38. The zero-order valence-electron chi connectivity index (χ0n) is 11.3. The quantitative estimate of drug-likeness (QED) is 0.688. The second-order valence-corrected chi connectivity index (χ2v) is 6.77. The van der Waals surface area contributed by atoms with Crippen LogP contribution < -0.4 is 5.32 Å². The molecule has 7 heteroatoms. The maximum Gasteiger partial charge on any atom is 0.404 e. The van der Waals surface area contributed by atoms with E-state index in [-0.39, 0.29) is 13.2 Å². The van der Waals surface area contributed by atoms with Gasteiger partial charge < -0.3 is 15.5 Å². The van der Waals surface area contributed by atoms with E-state index in [1.165, 1.54) is 11.8 Å². The van der Waals surface area contributed by atoms with Crippen LogP contribution in [0.25, 0.3) is 0 Å². The normalized spacial score (nSPS) is 10.5. The number of nitrogens with one attached hydrogen (secondary N) is 1. The summed E-state index contributed by atoms with van der Waals surface area (Å²) in [6, 6.07) is 10.9. The lowest BCUT2D eigenvalue weighted by Gasteiger charge is -2.13. The highest BCUT2D eigenvalue weighted by Gasteiger charge is 2.12. The lowest BCUT2D eigenvalue weighted by molar-refractivity contribution is 0.194. The van der Waals surface area contributed by atoms with Crippen molar-refractivity contribution in [2.75, 3.05) is 0 Å². The Balaban J connectivity index is 2.36. The summed E-state index contributed by atoms with van der Waals surface area (Å²) in [5.41, 5.74) is 1.56. The van der Waals surface area contributed by atoms with Gasteiger partial charge in [-0.2, -0.15) is 0 Å². The summed E-state index contributed by atoms with van der Waals surface area (Å²) in [5.74, 6) is 0. The molecule has 0 bridgehead atoms. The Hall–Kier alpha value is -1.21. The van der Waals surface area contributed by atoms with E-state index in [9.17, 15) is 9.90 Å². The molecule has 1 amide bonds. The molecule has 0 spiro atoms. The molecule has 0 aromatic heterocycles. The molecule has 0 atom stereocenters. The number of carbonyl (C=O) groups is 1. The third-order valence-corrected chi connectivity index (χ3v) is 5.10. The largest absolute Gasteiger partial charge is 0.465 e. The number of amides is 1. The third-order valence-electron chi connectivity index (χ3n) is 2.89. The third kappa shape index (κ3) is 4.39. The van der Waals surface area contributed by atoms with Crippen LogP contribution in [-0.4, -0.2) is 16.3 Å². The topological polar surface area (TPSA) is 69.6 Å². The van der Waals surface area contributed by atoms with Crippen molar-refractivity contribution in [3.63, 3.8) is 0 Å². The first-order valence-electron chi connectivity index (χ1n) is 6.32. The fourth-order valence-electron chi connectivity index (χ4n) is 1.84. The number of hydrogen-bond donors (Lipinski definition) is 3. The molecule has 0 aliphatic heterocycles. The summed E-state index contributed by atoms with van der Waals surface area (Å²) in [7, 11) is 0. The summed E-state index contributed by atoms with van der Waals surface area (Å²) in [6.45, 7) is 0.0868. The second-order valence-electron chi connectivity index (χ2n) is 4.40. The van der Waals surface area contributed by atoms with E-state index < -0.39 is 6.09 Å². The first-order chi connectivity index (χ1) is 10.5. The van der Waals surface area contributed by atoms with Crippen molar-refractivity contribution in [3.8, 4) is 0 Å². The average molecular weight is 403 g/mol. The van der Waals surface area contributed by atoms with Gasteiger partial charge in [0.25, 0.3) is 0 Å². The molecule has 2 rings (SSSR count). The van der Waals surface area contributed by atoms with Crippen molar-refractivity contribution in [1.82, 2.24) is 5.32 Å². The lowest BCUT2D eigenvalue weighted by Crippen LogP contribution is -2.20. The van der Waals surface area contributed by atoms with Crippen LogP contribution in [0.2, 0.25) is 5.02 Å². The predicted octanol–water partition coefficient (Wildman–Crippen LogP) is 4.51. The molecule has 4 nitrogen and oxygen atoms in total. The lowest BCUT2D eigenvalue weighted by atomic mass is 10.2. The van der Waals surface area contributed by atoms with Crippen LogP contribution in [0.15, 0.2) is 50.7 Å². The molecular weight excluding hydrogens is 390 g/mol. The van der Waals surface area contributed by atoms with E-state index in [1.54, 1.807) is 12.1 Å². The van der Waals surface area contributed by atoms with Gasteiger partial charge in [-0.1, -0.05) is 57.5 Å². The van der Waals surface area contributed by atoms with Crippen molar-refractivity contribution in [2.45, 2.75) is 22.9 Å². The minimum absolute atomic E-state index is 0.0806. The molecule has 0 saturated carbocycles. The van der Waals surface area contributed by atoms with Gasteiger partial charge in [-0.05, 0) is 29.3 Å². The summed E-state index contributed by atoms with van der Waals surface area (Å²) < 4.78 is 0.893.